The zero-order valence-electron chi connectivity index (χ0n) is 10.0. The zero-order chi connectivity index (χ0) is 13.0. The van der Waals surface area contributed by atoms with E-state index in [2.05, 4.69) is 11.9 Å². The number of aromatic nitrogens is 1. The molecule has 0 amide bonds. The van der Waals surface area contributed by atoms with Crippen LogP contribution in [0, 0.1) is 0 Å². The Labute approximate surface area is 121 Å². The average Bonchev–Trinajstić information content (AvgIpc) is 2.89. The Morgan fingerprint density at radius 3 is 2.83 bits per heavy atom. The second-order valence-electron chi connectivity index (χ2n) is 3.93. The van der Waals surface area contributed by atoms with Gasteiger partial charge in [0.15, 0.2) is 0 Å². The lowest BCUT2D eigenvalue weighted by Crippen LogP contribution is -2.25. The molecule has 1 aromatic carbocycles. The van der Waals surface area contributed by atoms with E-state index in [9.17, 15) is 0 Å². The van der Waals surface area contributed by atoms with Crippen LogP contribution >= 0.6 is 34.7 Å². The fourth-order valence-corrected chi connectivity index (χ4v) is 4.10. The van der Waals surface area contributed by atoms with Crippen molar-refractivity contribution >= 4 is 34.7 Å². The molecule has 0 aliphatic carbocycles. The number of thioether (sulfide) groups is 1. The normalized spacial score (nSPS) is 14.4. The first-order valence-electron chi connectivity index (χ1n) is 5.78. The quantitative estimate of drug-likeness (QED) is 0.833. The Morgan fingerprint density at radius 1 is 1.44 bits per heavy atom. The molecule has 0 fully saturated rings. The standard InChI is InChI=1S/C13H15ClN2S2/c1-2-11(15)12(18-13-16-7-8-17-13)9-5-3-4-6-10(9)14/h3-8,11-12H,2,15H2,1H3. The first-order valence-corrected chi connectivity index (χ1v) is 7.92. The summed E-state index contributed by atoms with van der Waals surface area (Å²) in [7, 11) is 0. The minimum atomic E-state index is 0.0683. The maximum atomic E-state index is 6.27. The van der Waals surface area contributed by atoms with Crippen LogP contribution in [-0.4, -0.2) is 11.0 Å². The van der Waals surface area contributed by atoms with E-state index >= 15 is 0 Å². The highest BCUT2D eigenvalue weighted by Gasteiger charge is 2.22. The van der Waals surface area contributed by atoms with Gasteiger partial charge in [0.1, 0.15) is 4.34 Å². The van der Waals surface area contributed by atoms with Crippen molar-refractivity contribution in [2.75, 3.05) is 0 Å². The van der Waals surface area contributed by atoms with Crippen LogP contribution < -0.4 is 5.73 Å². The molecule has 2 aromatic rings. The van der Waals surface area contributed by atoms with Gasteiger partial charge in [-0.1, -0.05) is 48.5 Å². The lowest BCUT2D eigenvalue weighted by Gasteiger charge is -2.22. The van der Waals surface area contributed by atoms with Crippen LogP contribution in [0.3, 0.4) is 0 Å². The second-order valence-corrected chi connectivity index (χ2v) is 6.62. The summed E-state index contributed by atoms with van der Waals surface area (Å²) in [5.41, 5.74) is 7.32. The van der Waals surface area contributed by atoms with Crippen LogP contribution in [0.15, 0.2) is 40.2 Å². The molecule has 1 heterocycles. The predicted octanol–water partition coefficient (Wildman–Crippen LogP) is 4.37. The fraction of sp³-hybridized carbons (Fsp3) is 0.308. The third-order valence-corrected chi connectivity index (χ3v) is 5.36. The van der Waals surface area contributed by atoms with Gasteiger partial charge in [0, 0.05) is 22.6 Å². The molecule has 2 rings (SSSR count). The van der Waals surface area contributed by atoms with Gasteiger partial charge in [-0.3, -0.25) is 0 Å². The van der Waals surface area contributed by atoms with Crippen molar-refractivity contribution in [1.82, 2.24) is 4.98 Å². The summed E-state index contributed by atoms with van der Waals surface area (Å²) in [5.74, 6) is 0. The van der Waals surface area contributed by atoms with E-state index in [4.69, 9.17) is 17.3 Å². The molecule has 0 bridgehead atoms. The van der Waals surface area contributed by atoms with Crippen molar-refractivity contribution in [2.24, 2.45) is 5.73 Å². The molecule has 0 saturated heterocycles. The molecule has 18 heavy (non-hydrogen) atoms. The number of hydrogen-bond acceptors (Lipinski definition) is 4. The number of benzene rings is 1. The predicted molar refractivity (Wildman–Crippen MR) is 80.4 cm³/mol. The highest BCUT2D eigenvalue weighted by atomic mass is 35.5. The minimum Gasteiger partial charge on any atom is -0.326 e. The lowest BCUT2D eigenvalue weighted by atomic mass is 10.0. The van der Waals surface area contributed by atoms with Crippen molar-refractivity contribution in [3.05, 3.63) is 46.4 Å². The van der Waals surface area contributed by atoms with Crippen LogP contribution in [0.25, 0.3) is 0 Å². The molecule has 0 radical (unpaired) electrons. The van der Waals surface area contributed by atoms with Crippen molar-refractivity contribution in [3.63, 3.8) is 0 Å². The zero-order valence-corrected chi connectivity index (χ0v) is 12.4. The number of rotatable bonds is 5. The summed E-state index contributed by atoms with van der Waals surface area (Å²) in [6, 6.07) is 7.96. The van der Waals surface area contributed by atoms with E-state index in [-0.39, 0.29) is 11.3 Å². The molecule has 0 aliphatic rings. The van der Waals surface area contributed by atoms with Crippen molar-refractivity contribution in [1.29, 1.82) is 0 Å². The molecular formula is C13H15ClN2S2. The SMILES string of the molecule is CCC(N)C(Sc1nccs1)c1ccccc1Cl. The molecule has 0 spiro atoms. The summed E-state index contributed by atoms with van der Waals surface area (Å²) in [6.45, 7) is 2.09. The Bertz CT molecular complexity index is 487. The van der Waals surface area contributed by atoms with Gasteiger partial charge in [0.05, 0.1) is 5.25 Å². The highest BCUT2D eigenvalue weighted by Crippen LogP contribution is 2.41. The second kappa shape index (κ2) is 6.57. The fourth-order valence-electron chi connectivity index (χ4n) is 1.68. The van der Waals surface area contributed by atoms with Gasteiger partial charge in [-0.05, 0) is 18.1 Å². The summed E-state index contributed by atoms with van der Waals surface area (Å²) < 4.78 is 1.03. The molecule has 0 aliphatic heterocycles. The number of hydrogen-bond donors (Lipinski definition) is 1. The third kappa shape index (κ3) is 3.26. The minimum absolute atomic E-state index is 0.0683. The summed E-state index contributed by atoms with van der Waals surface area (Å²) in [4.78, 5) is 4.31. The monoisotopic (exact) mass is 298 g/mol. The molecule has 1 aromatic heterocycles. The number of thiazole rings is 1. The van der Waals surface area contributed by atoms with E-state index in [0.29, 0.717) is 0 Å². The molecule has 2 nitrogen and oxygen atoms in total. The third-order valence-electron chi connectivity index (χ3n) is 2.71. The maximum Gasteiger partial charge on any atom is 0.150 e. The average molecular weight is 299 g/mol. The van der Waals surface area contributed by atoms with Crippen molar-refractivity contribution < 1.29 is 0 Å². The van der Waals surface area contributed by atoms with Crippen LogP contribution in [0.2, 0.25) is 5.02 Å². The molecule has 2 unspecified atom stereocenters. The van der Waals surface area contributed by atoms with Gasteiger partial charge >= 0.3 is 0 Å². The summed E-state index contributed by atoms with van der Waals surface area (Å²) in [5, 5.41) is 2.90. The van der Waals surface area contributed by atoms with Crippen LogP contribution in [0.1, 0.15) is 24.2 Å². The Balaban J connectivity index is 2.28. The van der Waals surface area contributed by atoms with Gasteiger partial charge < -0.3 is 5.73 Å². The van der Waals surface area contributed by atoms with Gasteiger partial charge in [-0.25, -0.2) is 4.98 Å². The Hall–Kier alpha value is -0.550. The smallest absolute Gasteiger partial charge is 0.150 e. The van der Waals surface area contributed by atoms with E-state index < -0.39 is 0 Å². The largest absolute Gasteiger partial charge is 0.326 e. The van der Waals surface area contributed by atoms with Crippen molar-refractivity contribution in [2.45, 2.75) is 29.0 Å². The van der Waals surface area contributed by atoms with E-state index in [1.54, 1.807) is 23.1 Å². The molecule has 5 heteroatoms. The topological polar surface area (TPSA) is 38.9 Å². The van der Waals surface area contributed by atoms with Gasteiger partial charge in [0.25, 0.3) is 0 Å². The first-order chi connectivity index (χ1) is 8.72. The molecule has 2 atom stereocenters. The first kappa shape index (κ1) is 13.9. The lowest BCUT2D eigenvalue weighted by molar-refractivity contribution is 0.634. The summed E-state index contributed by atoms with van der Waals surface area (Å²) >= 11 is 9.60. The number of nitrogens with two attached hydrogens (primary N) is 1. The molecule has 96 valence electrons. The van der Waals surface area contributed by atoms with Gasteiger partial charge in [-0.15, -0.1) is 11.3 Å². The van der Waals surface area contributed by atoms with E-state index in [0.717, 1.165) is 21.3 Å². The van der Waals surface area contributed by atoms with Gasteiger partial charge in [-0.2, -0.15) is 0 Å². The molecular weight excluding hydrogens is 284 g/mol. The van der Waals surface area contributed by atoms with Crippen LogP contribution in [0.5, 0.6) is 0 Å². The Morgan fingerprint density at radius 2 is 2.22 bits per heavy atom. The van der Waals surface area contributed by atoms with Crippen molar-refractivity contribution in [3.8, 4) is 0 Å². The van der Waals surface area contributed by atoms with E-state index in [1.807, 2.05) is 35.8 Å². The van der Waals surface area contributed by atoms with E-state index in [1.165, 1.54) is 0 Å². The molecule has 2 N–H and O–H groups in total. The Kier molecular flexibility index (Phi) is 5.06. The molecule has 0 saturated carbocycles. The van der Waals surface area contributed by atoms with Crippen LogP contribution in [-0.2, 0) is 0 Å². The highest BCUT2D eigenvalue weighted by molar-refractivity contribution is 8.01. The van der Waals surface area contributed by atoms with Crippen LogP contribution in [0.4, 0.5) is 0 Å². The maximum absolute atomic E-state index is 6.27. The summed E-state index contributed by atoms with van der Waals surface area (Å²) in [6.07, 6.45) is 2.72. The number of nitrogens with zero attached hydrogens (tertiary/aromatic N) is 1. The number of halogens is 1. The van der Waals surface area contributed by atoms with Gasteiger partial charge in [0.2, 0.25) is 0 Å².